The van der Waals surface area contributed by atoms with Crippen molar-refractivity contribution >= 4 is 15.9 Å². The van der Waals surface area contributed by atoms with Crippen molar-refractivity contribution in [2.45, 2.75) is 38.8 Å². The lowest BCUT2D eigenvalue weighted by Gasteiger charge is -2.29. The molecule has 106 valence electrons. The van der Waals surface area contributed by atoms with Crippen molar-refractivity contribution in [2.24, 2.45) is 0 Å². The molecule has 1 aromatic carbocycles. The predicted molar refractivity (Wildman–Crippen MR) is 80.7 cm³/mol. The minimum atomic E-state index is -0.177. The van der Waals surface area contributed by atoms with E-state index in [1.54, 1.807) is 12.1 Å². The molecule has 1 atom stereocenters. The third-order valence-corrected chi connectivity index (χ3v) is 4.40. The summed E-state index contributed by atoms with van der Waals surface area (Å²) in [4.78, 5) is 2.52. The Morgan fingerprint density at radius 2 is 2.05 bits per heavy atom. The predicted octanol–water partition coefficient (Wildman–Crippen LogP) is 3.55. The molecule has 0 amide bonds. The molecular weight excluding hydrogens is 307 g/mol. The summed E-state index contributed by atoms with van der Waals surface area (Å²) in [5.74, 6) is -0.177. The van der Waals surface area contributed by atoms with Gasteiger partial charge in [-0.1, -0.05) is 22.4 Å². The number of hydrogen-bond donors (Lipinski definition) is 1. The zero-order chi connectivity index (χ0) is 13.7. The second kappa shape index (κ2) is 7.36. The van der Waals surface area contributed by atoms with Crippen LogP contribution >= 0.6 is 15.9 Å². The number of halogens is 2. The molecule has 1 heterocycles. The van der Waals surface area contributed by atoms with E-state index in [-0.39, 0.29) is 5.82 Å². The Balaban J connectivity index is 1.79. The number of likely N-dealkylation sites (tertiary alicyclic amines) is 1. The second-order valence-corrected chi connectivity index (χ2v) is 6.23. The largest absolute Gasteiger partial charge is 0.309 e. The Bertz CT molecular complexity index is 405. The number of piperidine rings is 1. The highest BCUT2D eigenvalue weighted by Crippen LogP contribution is 2.17. The van der Waals surface area contributed by atoms with Crippen molar-refractivity contribution in [3.63, 3.8) is 0 Å². The third kappa shape index (κ3) is 4.86. The number of rotatable bonds is 5. The normalized spacial score (nSPS) is 18.5. The van der Waals surface area contributed by atoms with Gasteiger partial charge < -0.3 is 10.2 Å². The van der Waals surface area contributed by atoms with E-state index in [0.717, 1.165) is 16.6 Å². The topological polar surface area (TPSA) is 15.3 Å². The van der Waals surface area contributed by atoms with Gasteiger partial charge in [-0.2, -0.15) is 0 Å². The zero-order valence-electron chi connectivity index (χ0n) is 11.5. The molecule has 2 nitrogen and oxygen atoms in total. The van der Waals surface area contributed by atoms with Crippen molar-refractivity contribution in [1.29, 1.82) is 0 Å². The van der Waals surface area contributed by atoms with E-state index in [1.165, 1.54) is 38.4 Å². The zero-order valence-corrected chi connectivity index (χ0v) is 13.0. The minimum Gasteiger partial charge on any atom is -0.309 e. The van der Waals surface area contributed by atoms with Crippen molar-refractivity contribution in [1.82, 2.24) is 10.2 Å². The van der Waals surface area contributed by atoms with Crippen LogP contribution in [0.5, 0.6) is 0 Å². The Morgan fingerprint density at radius 3 is 2.79 bits per heavy atom. The first-order chi connectivity index (χ1) is 9.15. The van der Waals surface area contributed by atoms with Crippen LogP contribution in [0.3, 0.4) is 0 Å². The van der Waals surface area contributed by atoms with Crippen LogP contribution in [0.25, 0.3) is 0 Å². The lowest BCUT2D eigenvalue weighted by Crippen LogP contribution is -2.41. The van der Waals surface area contributed by atoms with E-state index in [4.69, 9.17) is 0 Å². The first-order valence-corrected chi connectivity index (χ1v) is 7.84. The van der Waals surface area contributed by atoms with Gasteiger partial charge in [-0.25, -0.2) is 4.39 Å². The van der Waals surface area contributed by atoms with Crippen LogP contribution in [0.2, 0.25) is 0 Å². The van der Waals surface area contributed by atoms with Crippen LogP contribution in [0.4, 0.5) is 4.39 Å². The summed E-state index contributed by atoms with van der Waals surface area (Å²) in [6.45, 7) is 6.41. The molecule has 4 heteroatoms. The van der Waals surface area contributed by atoms with E-state index in [2.05, 4.69) is 33.1 Å². The molecule has 1 unspecified atom stereocenters. The minimum absolute atomic E-state index is 0.177. The summed E-state index contributed by atoms with van der Waals surface area (Å²) in [6.07, 6.45) is 4.01. The monoisotopic (exact) mass is 328 g/mol. The standard InChI is InChI=1S/C15H22BrFN2/c1-12(11-19-7-3-2-4-8-19)18-10-13-9-14(17)5-6-15(13)16/h5-6,9,12,18H,2-4,7-8,10-11H2,1H3. The van der Waals surface area contributed by atoms with Crippen molar-refractivity contribution in [2.75, 3.05) is 19.6 Å². The van der Waals surface area contributed by atoms with E-state index < -0.39 is 0 Å². The highest BCUT2D eigenvalue weighted by molar-refractivity contribution is 9.10. The summed E-state index contributed by atoms with van der Waals surface area (Å²) in [6, 6.07) is 5.25. The van der Waals surface area contributed by atoms with Gasteiger partial charge in [-0.05, 0) is 56.6 Å². The van der Waals surface area contributed by atoms with Gasteiger partial charge in [0.1, 0.15) is 5.82 Å². The number of nitrogens with zero attached hydrogens (tertiary/aromatic N) is 1. The van der Waals surface area contributed by atoms with Crippen LogP contribution in [0.1, 0.15) is 31.7 Å². The molecule has 0 spiro atoms. The van der Waals surface area contributed by atoms with Crippen LogP contribution < -0.4 is 5.32 Å². The summed E-state index contributed by atoms with van der Waals surface area (Å²) in [5.41, 5.74) is 0.977. The average molecular weight is 329 g/mol. The molecule has 0 radical (unpaired) electrons. The lowest BCUT2D eigenvalue weighted by atomic mass is 10.1. The molecule has 0 bridgehead atoms. The summed E-state index contributed by atoms with van der Waals surface area (Å²) in [5, 5.41) is 3.48. The molecule has 1 saturated heterocycles. The fourth-order valence-electron chi connectivity index (χ4n) is 2.56. The molecular formula is C15H22BrFN2. The van der Waals surface area contributed by atoms with Crippen molar-refractivity contribution < 1.29 is 4.39 Å². The van der Waals surface area contributed by atoms with Crippen molar-refractivity contribution in [3.05, 3.63) is 34.1 Å². The highest BCUT2D eigenvalue weighted by atomic mass is 79.9. The van der Waals surface area contributed by atoms with Gasteiger partial charge in [0.25, 0.3) is 0 Å². The second-order valence-electron chi connectivity index (χ2n) is 5.38. The van der Waals surface area contributed by atoms with Gasteiger partial charge >= 0.3 is 0 Å². The molecule has 1 fully saturated rings. The van der Waals surface area contributed by atoms with Crippen LogP contribution in [0, 0.1) is 5.82 Å². The van der Waals surface area contributed by atoms with Crippen LogP contribution in [0.15, 0.2) is 22.7 Å². The Hall–Kier alpha value is -0.450. The maximum Gasteiger partial charge on any atom is 0.123 e. The maximum absolute atomic E-state index is 13.2. The fraction of sp³-hybridized carbons (Fsp3) is 0.600. The fourth-order valence-corrected chi connectivity index (χ4v) is 2.94. The molecule has 1 aromatic rings. The smallest absolute Gasteiger partial charge is 0.123 e. The molecule has 0 aromatic heterocycles. The van der Waals surface area contributed by atoms with Gasteiger partial charge in [0.05, 0.1) is 0 Å². The van der Waals surface area contributed by atoms with Gasteiger partial charge in [-0.15, -0.1) is 0 Å². The van der Waals surface area contributed by atoms with E-state index >= 15 is 0 Å². The maximum atomic E-state index is 13.2. The van der Waals surface area contributed by atoms with E-state index in [9.17, 15) is 4.39 Å². The lowest BCUT2D eigenvalue weighted by molar-refractivity contribution is 0.209. The van der Waals surface area contributed by atoms with Crippen molar-refractivity contribution in [3.8, 4) is 0 Å². The summed E-state index contributed by atoms with van der Waals surface area (Å²) in [7, 11) is 0. The van der Waals surface area contributed by atoms with Gasteiger partial charge in [0, 0.05) is 23.6 Å². The molecule has 0 saturated carbocycles. The van der Waals surface area contributed by atoms with Gasteiger partial charge in [0.2, 0.25) is 0 Å². The number of nitrogens with one attached hydrogen (secondary N) is 1. The highest BCUT2D eigenvalue weighted by Gasteiger charge is 2.13. The summed E-state index contributed by atoms with van der Waals surface area (Å²) >= 11 is 3.46. The molecule has 2 rings (SSSR count). The first kappa shape index (κ1) is 14.9. The van der Waals surface area contributed by atoms with Gasteiger partial charge in [-0.3, -0.25) is 0 Å². The molecule has 1 aliphatic rings. The molecule has 19 heavy (non-hydrogen) atoms. The Labute approximate surface area is 123 Å². The summed E-state index contributed by atoms with van der Waals surface area (Å²) < 4.78 is 14.2. The number of hydrogen-bond acceptors (Lipinski definition) is 2. The van der Waals surface area contributed by atoms with E-state index in [1.807, 2.05) is 0 Å². The Morgan fingerprint density at radius 1 is 1.32 bits per heavy atom. The van der Waals surface area contributed by atoms with Crippen LogP contribution in [-0.2, 0) is 6.54 Å². The average Bonchev–Trinajstić information content (AvgIpc) is 2.41. The molecule has 0 aliphatic carbocycles. The molecule has 1 aliphatic heterocycles. The quantitative estimate of drug-likeness (QED) is 0.889. The SMILES string of the molecule is CC(CN1CCCCC1)NCc1cc(F)ccc1Br. The number of benzene rings is 1. The Kier molecular flexibility index (Phi) is 5.79. The van der Waals surface area contributed by atoms with Crippen LogP contribution in [-0.4, -0.2) is 30.6 Å². The van der Waals surface area contributed by atoms with E-state index in [0.29, 0.717) is 12.6 Å². The van der Waals surface area contributed by atoms with Gasteiger partial charge in [0.15, 0.2) is 0 Å². The first-order valence-electron chi connectivity index (χ1n) is 7.05. The molecule has 1 N–H and O–H groups in total. The third-order valence-electron chi connectivity index (χ3n) is 3.63.